The Morgan fingerprint density at radius 3 is 1.33 bits per heavy atom. The van der Waals surface area contributed by atoms with Crippen LogP contribution in [0.5, 0.6) is 0 Å². The Hall–Kier alpha value is -0.580. The summed E-state index contributed by atoms with van der Waals surface area (Å²) in [5, 5.41) is -5.85. The molecule has 1 unspecified atom stereocenters. The van der Waals surface area contributed by atoms with Crippen molar-refractivity contribution in [1.29, 1.82) is 0 Å². The highest BCUT2D eigenvalue weighted by molar-refractivity contribution is 7.87. The molecule has 0 aromatic carbocycles. The van der Waals surface area contributed by atoms with Crippen LogP contribution < -0.4 is 0 Å². The average Bonchev–Trinajstić information content (AvgIpc) is 1.77. The molecule has 0 heterocycles. The van der Waals surface area contributed by atoms with E-state index in [1.54, 1.807) is 0 Å². The molecule has 0 radical (unpaired) electrons. The molecule has 0 amide bonds. The average molecular weight is 263 g/mol. The molecular weight excluding hydrogens is 261 g/mol. The second-order valence-corrected chi connectivity index (χ2v) is 4.03. The summed E-state index contributed by atoms with van der Waals surface area (Å²) in [5.74, 6) is 0. The van der Waals surface area contributed by atoms with Crippen molar-refractivity contribution in [2.75, 3.05) is 0 Å². The Morgan fingerprint density at radius 1 is 0.933 bits per heavy atom. The van der Waals surface area contributed by atoms with Crippen LogP contribution in [0.4, 0.5) is 30.7 Å². The topological polar surface area (TPSA) is 57.2 Å². The molecule has 0 saturated carbocycles. The SMILES string of the molecule is O=S(=O)([O-])C(F)(CC(F)(F)F)C(F)(F)F. The molecule has 0 aliphatic rings. The Labute approximate surface area is 78.6 Å². The van der Waals surface area contributed by atoms with Crippen LogP contribution in [0.25, 0.3) is 0 Å². The quantitative estimate of drug-likeness (QED) is 0.563. The van der Waals surface area contributed by atoms with Gasteiger partial charge in [-0.3, -0.25) is 0 Å². The molecular formula is C4H2F7O3S-. The zero-order chi connectivity index (χ0) is 12.7. The number of hydrogen-bond acceptors (Lipinski definition) is 3. The van der Waals surface area contributed by atoms with Gasteiger partial charge in [-0.1, -0.05) is 0 Å². The first-order valence-corrected chi connectivity index (χ1v) is 4.39. The lowest BCUT2D eigenvalue weighted by Crippen LogP contribution is -2.50. The molecule has 0 aliphatic carbocycles. The second kappa shape index (κ2) is 3.47. The fourth-order valence-corrected chi connectivity index (χ4v) is 1.21. The van der Waals surface area contributed by atoms with Gasteiger partial charge in [-0.15, -0.1) is 0 Å². The number of hydrogen-bond donors (Lipinski definition) is 0. The number of halogens is 7. The molecule has 0 bridgehead atoms. The van der Waals surface area contributed by atoms with Gasteiger partial charge in [0.1, 0.15) is 16.5 Å². The fourth-order valence-electron chi connectivity index (χ4n) is 0.588. The van der Waals surface area contributed by atoms with Gasteiger partial charge in [0.05, 0.1) is 0 Å². The van der Waals surface area contributed by atoms with Crippen molar-refractivity contribution in [3.05, 3.63) is 0 Å². The highest BCUT2D eigenvalue weighted by Crippen LogP contribution is 2.45. The van der Waals surface area contributed by atoms with Gasteiger partial charge in [-0.2, -0.15) is 26.3 Å². The maximum Gasteiger partial charge on any atom is 0.436 e. The van der Waals surface area contributed by atoms with Gasteiger partial charge < -0.3 is 4.55 Å². The maximum atomic E-state index is 12.6. The third-order valence-electron chi connectivity index (χ3n) is 1.25. The van der Waals surface area contributed by atoms with Crippen LogP contribution in [-0.4, -0.2) is 30.3 Å². The lowest BCUT2D eigenvalue weighted by molar-refractivity contribution is -0.239. The zero-order valence-electron chi connectivity index (χ0n) is 6.49. The predicted molar refractivity (Wildman–Crippen MR) is 30.3 cm³/mol. The molecule has 0 aliphatic heterocycles. The van der Waals surface area contributed by atoms with Crippen LogP contribution in [0.2, 0.25) is 0 Å². The standard InChI is InChI=1S/C4H3F7O3S/c5-2(4(9,10)11,15(12,13)14)1-3(6,7)8/h1H2,(H,12,13,14)/p-1. The highest BCUT2D eigenvalue weighted by atomic mass is 32.2. The van der Waals surface area contributed by atoms with E-state index >= 15 is 0 Å². The summed E-state index contributed by atoms with van der Waals surface area (Å²) in [6.07, 6.45) is -15.6. The molecule has 0 N–H and O–H groups in total. The van der Waals surface area contributed by atoms with E-state index in [0.717, 1.165) is 0 Å². The van der Waals surface area contributed by atoms with E-state index in [0.29, 0.717) is 0 Å². The number of rotatable bonds is 2. The van der Waals surface area contributed by atoms with Gasteiger partial charge in [-0.25, -0.2) is 12.8 Å². The first kappa shape index (κ1) is 14.4. The molecule has 92 valence electrons. The lowest BCUT2D eigenvalue weighted by Gasteiger charge is -2.30. The molecule has 11 heteroatoms. The summed E-state index contributed by atoms with van der Waals surface area (Å²) in [5.41, 5.74) is 0. The fraction of sp³-hybridized carbons (Fsp3) is 1.00. The van der Waals surface area contributed by atoms with E-state index in [-0.39, 0.29) is 0 Å². The maximum absolute atomic E-state index is 12.6. The zero-order valence-corrected chi connectivity index (χ0v) is 7.30. The minimum absolute atomic E-state index is 3.42. The normalized spacial score (nSPS) is 18.7. The minimum atomic E-state index is -6.82. The van der Waals surface area contributed by atoms with Crippen molar-refractivity contribution >= 4 is 10.1 Å². The summed E-state index contributed by atoms with van der Waals surface area (Å²) in [6, 6.07) is 0. The van der Waals surface area contributed by atoms with E-state index in [9.17, 15) is 43.7 Å². The van der Waals surface area contributed by atoms with Crippen LogP contribution in [0.15, 0.2) is 0 Å². The lowest BCUT2D eigenvalue weighted by atomic mass is 10.2. The van der Waals surface area contributed by atoms with E-state index < -0.39 is 33.9 Å². The van der Waals surface area contributed by atoms with Gasteiger partial charge in [0, 0.05) is 0 Å². The highest BCUT2D eigenvalue weighted by Gasteiger charge is 2.65. The third-order valence-corrected chi connectivity index (χ3v) is 2.42. The van der Waals surface area contributed by atoms with Crippen molar-refractivity contribution in [2.45, 2.75) is 23.8 Å². The molecule has 0 aromatic rings. The largest absolute Gasteiger partial charge is 0.745 e. The van der Waals surface area contributed by atoms with Crippen molar-refractivity contribution in [1.82, 2.24) is 0 Å². The van der Waals surface area contributed by atoms with Crippen LogP contribution in [0.1, 0.15) is 6.42 Å². The van der Waals surface area contributed by atoms with E-state index in [1.165, 1.54) is 0 Å². The molecule has 0 rings (SSSR count). The molecule has 0 aromatic heterocycles. The predicted octanol–water partition coefficient (Wildman–Crippen LogP) is 1.71. The van der Waals surface area contributed by atoms with Gasteiger partial charge in [0.15, 0.2) is 0 Å². The van der Waals surface area contributed by atoms with E-state index in [4.69, 9.17) is 0 Å². The summed E-state index contributed by atoms with van der Waals surface area (Å²) < 4.78 is 111. The summed E-state index contributed by atoms with van der Waals surface area (Å²) in [7, 11) is -6.82. The minimum Gasteiger partial charge on any atom is -0.745 e. The van der Waals surface area contributed by atoms with E-state index in [2.05, 4.69) is 0 Å². The van der Waals surface area contributed by atoms with Crippen molar-refractivity contribution in [3.63, 3.8) is 0 Å². The van der Waals surface area contributed by atoms with Crippen LogP contribution >= 0.6 is 0 Å². The van der Waals surface area contributed by atoms with Crippen molar-refractivity contribution in [3.8, 4) is 0 Å². The van der Waals surface area contributed by atoms with Crippen molar-refractivity contribution < 1.29 is 43.7 Å². The van der Waals surface area contributed by atoms with Gasteiger partial charge in [0.2, 0.25) is 0 Å². The van der Waals surface area contributed by atoms with Crippen LogP contribution in [-0.2, 0) is 10.1 Å². The Kier molecular flexibility index (Phi) is 3.34. The molecule has 0 spiro atoms. The Morgan fingerprint density at radius 2 is 1.27 bits per heavy atom. The van der Waals surface area contributed by atoms with Gasteiger partial charge in [0.25, 0.3) is 0 Å². The molecule has 3 nitrogen and oxygen atoms in total. The first-order chi connectivity index (χ1) is 6.21. The Balaban J connectivity index is 5.46. The molecule has 15 heavy (non-hydrogen) atoms. The number of alkyl halides is 7. The summed E-state index contributed by atoms with van der Waals surface area (Å²) >= 11 is 0. The molecule has 0 fully saturated rings. The first-order valence-electron chi connectivity index (χ1n) is 2.98. The van der Waals surface area contributed by atoms with Crippen LogP contribution in [0, 0.1) is 0 Å². The Bertz CT molecular complexity index is 327. The summed E-state index contributed by atoms with van der Waals surface area (Å²) in [4.78, 5) is 0. The molecule has 0 saturated heterocycles. The van der Waals surface area contributed by atoms with Crippen molar-refractivity contribution in [2.24, 2.45) is 0 Å². The smallest absolute Gasteiger partial charge is 0.436 e. The van der Waals surface area contributed by atoms with E-state index in [1.807, 2.05) is 0 Å². The second-order valence-electron chi connectivity index (χ2n) is 2.47. The summed E-state index contributed by atoms with van der Waals surface area (Å²) in [6.45, 7) is 0. The monoisotopic (exact) mass is 263 g/mol. The third kappa shape index (κ3) is 3.19. The molecule has 1 atom stereocenters. The van der Waals surface area contributed by atoms with Crippen LogP contribution in [0.3, 0.4) is 0 Å². The van der Waals surface area contributed by atoms with Gasteiger partial charge in [-0.05, 0) is 0 Å². The van der Waals surface area contributed by atoms with Gasteiger partial charge >= 0.3 is 17.4 Å².